The van der Waals surface area contributed by atoms with Crippen molar-refractivity contribution < 1.29 is 13.9 Å². The molecule has 0 aromatic rings. The lowest BCUT2D eigenvalue weighted by atomic mass is 10.0. The number of hydrogen-bond acceptors (Lipinski definition) is 3. The molecule has 0 N–H and O–H groups in total. The summed E-state index contributed by atoms with van der Waals surface area (Å²) < 4.78 is 16.2. The van der Waals surface area contributed by atoms with Crippen LogP contribution < -0.4 is 0 Å². The second kappa shape index (κ2) is 5.09. The highest BCUT2D eigenvalue weighted by Gasteiger charge is 2.19. The molecule has 0 spiro atoms. The molecule has 3 nitrogen and oxygen atoms in total. The van der Waals surface area contributed by atoms with Gasteiger partial charge in [-0.15, -0.1) is 0 Å². The standard InChI is InChI=1S/C10H19O3P/c1-14(2,12)13-8-10(11)7-9-5-3-4-6-9/h9H,3-8H2,1-2H3. The number of ketones is 1. The summed E-state index contributed by atoms with van der Waals surface area (Å²) >= 11 is 0. The molecule has 1 rings (SSSR count). The van der Waals surface area contributed by atoms with E-state index in [0.717, 1.165) is 0 Å². The van der Waals surface area contributed by atoms with Crippen LogP contribution in [-0.2, 0) is 13.9 Å². The highest BCUT2D eigenvalue weighted by molar-refractivity contribution is 7.57. The van der Waals surface area contributed by atoms with E-state index in [4.69, 9.17) is 4.52 Å². The SMILES string of the molecule is CP(C)(=O)OCC(=O)CC1CCCC1. The van der Waals surface area contributed by atoms with E-state index in [1.807, 2.05) is 0 Å². The Balaban J connectivity index is 2.18. The summed E-state index contributed by atoms with van der Waals surface area (Å²) in [5.41, 5.74) is 0. The topological polar surface area (TPSA) is 43.4 Å². The molecule has 1 aliphatic rings. The fourth-order valence-corrected chi connectivity index (χ4v) is 2.28. The Bertz CT molecular complexity index is 238. The second-order valence-corrected chi connectivity index (χ2v) is 7.18. The van der Waals surface area contributed by atoms with Gasteiger partial charge in [0.25, 0.3) is 0 Å². The van der Waals surface area contributed by atoms with Crippen molar-refractivity contribution in [2.45, 2.75) is 32.1 Å². The van der Waals surface area contributed by atoms with Crippen molar-refractivity contribution in [3.8, 4) is 0 Å². The van der Waals surface area contributed by atoms with Crippen LogP contribution in [0.15, 0.2) is 0 Å². The minimum Gasteiger partial charge on any atom is -0.321 e. The van der Waals surface area contributed by atoms with Crippen molar-refractivity contribution in [2.24, 2.45) is 5.92 Å². The molecule has 0 aromatic carbocycles. The van der Waals surface area contributed by atoms with Gasteiger partial charge in [0.05, 0.1) is 0 Å². The molecule has 0 amide bonds. The normalized spacial score (nSPS) is 18.7. The fourth-order valence-electron chi connectivity index (χ4n) is 1.82. The molecular formula is C10H19O3P. The lowest BCUT2D eigenvalue weighted by molar-refractivity contribution is -0.121. The molecule has 0 unspecified atom stereocenters. The first-order valence-electron chi connectivity index (χ1n) is 5.18. The predicted molar refractivity (Wildman–Crippen MR) is 57.0 cm³/mol. The van der Waals surface area contributed by atoms with Gasteiger partial charge in [0.1, 0.15) is 6.61 Å². The molecule has 14 heavy (non-hydrogen) atoms. The summed E-state index contributed by atoms with van der Waals surface area (Å²) in [6, 6.07) is 0. The maximum atomic E-state index is 11.4. The Morgan fingerprint density at radius 1 is 1.36 bits per heavy atom. The average molecular weight is 218 g/mol. The Morgan fingerprint density at radius 3 is 2.43 bits per heavy atom. The largest absolute Gasteiger partial charge is 0.321 e. The Morgan fingerprint density at radius 2 is 1.93 bits per heavy atom. The van der Waals surface area contributed by atoms with Gasteiger partial charge < -0.3 is 4.52 Å². The molecular weight excluding hydrogens is 199 g/mol. The minimum absolute atomic E-state index is 0.0285. The van der Waals surface area contributed by atoms with Gasteiger partial charge >= 0.3 is 0 Å². The molecule has 1 saturated carbocycles. The summed E-state index contributed by atoms with van der Waals surface area (Å²) in [7, 11) is -2.49. The maximum Gasteiger partial charge on any atom is 0.197 e. The lowest BCUT2D eigenvalue weighted by Crippen LogP contribution is -2.11. The average Bonchev–Trinajstić information content (AvgIpc) is 2.52. The first kappa shape index (κ1) is 11.9. The van der Waals surface area contributed by atoms with Crippen molar-refractivity contribution in [3.63, 3.8) is 0 Å². The van der Waals surface area contributed by atoms with Crippen LogP contribution in [0.5, 0.6) is 0 Å². The van der Waals surface area contributed by atoms with Crippen LogP contribution in [0.2, 0.25) is 0 Å². The molecule has 0 aliphatic heterocycles. The molecule has 1 aliphatic carbocycles. The van der Waals surface area contributed by atoms with Gasteiger partial charge in [-0.25, -0.2) is 0 Å². The number of carbonyl (C=O) groups excluding carboxylic acids is 1. The Hall–Kier alpha value is -0.140. The minimum atomic E-state index is -2.49. The molecule has 1 fully saturated rings. The molecule has 0 atom stereocenters. The van der Waals surface area contributed by atoms with E-state index in [1.165, 1.54) is 39.0 Å². The summed E-state index contributed by atoms with van der Waals surface area (Å²) in [5, 5.41) is 0. The van der Waals surface area contributed by atoms with Crippen LogP contribution in [0.4, 0.5) is 0 Å². The second-order valence-electron chi connectivity index (χ2n) is 4.42. The quantitative estimate of drug-likeness (QED) is 0.666. The monoisotopic (exact) mass is 218 g/mol. The van der Waals surface area contributed by atoms with Crippen LogP contribution >= 0.6 is 7.37 Å². The van der Waals surface area contributed by atoms with Crippen molar-refractivity contribution in [1.29, 1.82) is 0 Å². The molecule has 0 saturated heterocycles. The third-order valence-electron chi connectivity index (χ3n) is 2.53. The van der Waals surface area contributed by atoms with E-state index in [1.54, 1.807) is 0 Å². The zero-order valence-electron chi connectivity index (χ0n) is 8.99. The third kappa shape index (κ3) is 4.92. The molecule has 0 heterocycles. The van der Waals surface area contributed by atoms with E-state index in [2.05, 4.69) is 0 Å². The van der Waals surface area contributed by atoms with Crippen molar-refractivity contribution >= 4 is 13.2 Å². The van der Waals surface area contributed by atoms with Gasteiger partial charge in [0.15, 0.2) is 13.2 Å². The first-order valence-corrected chi connectivity index (χ1v) is 7.70. The fraction of sp³-hybridized carbons (Fsp3) is 0.900. The van der Waals surface area contributed by atoms with Gasteiger partial charge in [0, 0.05) is 19.8 Å². The van der Waals surface area contributed by atoms with E-state index in [9.17, 15) is 9.36 Å². The number of Topliss-reactive ketones (excluding diaryl/α,β-unsaturated/α-hetero) is 1. The van der Waals surface area contributed by atoms with Crippen LogP contribution in [0.25, 0.3) is 0 Å². The number of rotatable bonds is 5. The van der Waals surface area contributed by atoms with Crippen molar-refractivity contribution in [3.05, 3.63) is 0 Å². The molecule has 0 radical (unpaired) electrons. The van der Waals surface area contributed by atoms with E-state index >= 15 is 0 Å². The molecule has 0 aromatic heterocycles. The van der Waals surface area contributed by atoms with Crippen LogP contribution in [-0.4, -0.2) is 25.7 Å². The predicted octanol–water partition coefficient (Wildman–Crippen LogP) is 2.69. The van der Waals surface area contributed by atoms with E-state index < -0.39 is 7.37 Å². The van der Waals surface area contributed by atoms with Crippen LogP contribution in [0.1, 0.15) is 32.1 Å². The zero-order chi connectivity index (χ0) is 10.6. The van der Waals surface area contributed by atoms with Crippen LogP contribution in [0.3, 0.4) is 0 Å². The highest BCUT2D eigenvalue weighted by Crippen LogP contribution is 2.37. The number of hydrogen-bond donors (Lipinski definition) is 0. The van der Waals surface area contributed by atoms with Gasteiger partial charge in [-0.1, -0.05) is 25.7 Å². The smallest absolute Gasteiger partial charge is 0.197 e. The molecule has 82 valence electrons. The van der Waals surface area contributed by atoms with Crippen LogP contribution in [0, 0.1) is 5.92 Å². The molecule has 0 bridgehead atoms. The Kier molecular flexibility index (Phi) is 4.33. The van der Waals surface area contributed by atoms with Crippen molar-refractivity contribution in [2.75, 3.05) is 19.9 Å². The van der Waals surface area contributed by atoms with E-state index in [0.29, 0.717) is 12.3 Å². The summed E-state index contributed by atoms with van der Waals surface area (Å²) in [6.45, 7) is 3.10. The van der Waals surface area contributed by atoms with Gasteiger partial charge in [-0.05, 0) is 5.92 Å². The maximum absolute atomic E-state index is 11.4. The summed E-state index contributed by atoms with van der Waals surface area (Å²) in [5.74, 6) is 0.653. The summed E-state index contributed by atoms with van der Waals surface area (Å²) in [6.07, 6.45) is 5.45. The van der Waals surface area contributed by atoms with Gasteiger partial charge in [-0.3, -0.25) is 9.36 Å². The van der Waals surface area contributed by atoms with Crippen molar-refractivity contribution in [1.82, 2.24) is 0 Å². The van der Waals surface area contributed by atoms with E-state index in [-0.39, 0.29) is 12.4 Å². The van der Waals surface area contributed by atoms with Gasteiger partial charge in [-0.2, -0.15) is 0 Å². The third-order valence-corrected chi connectivity index (χ3v) is 3.28. The Labute approximate surface area is 85.7 Å². The lowest BCUT2D eigenvalue weighted by Gasteiger charge is -2.10. The van der Waals surface area contributed by atoms with Gasteiger partial charge in [0.2, 0.25) is 0 Å². The first-order chi connectivity index (χ1) is 6.47. The molecule has 4 heteroatoms. The highest BCUT2D eigenvalue weighted by atomic mass is 31.2. The number of carbonyl (C=O) groups is 1. The zero-order valence-corrected chi connectivity index (χ0v) is 9.89. The summed E-state index contributed by atoms with van der Waals surface area (Å²) in [4.78, 5) is 11.4.